The van der Waals surface area contributed by atoms with Crippen molar-refractivity contribution in [2.75, 3.05) is 7.11 Å². The molecule has 0 saturated heterocycles. The fourth-order valence-electron chi connectivity index (χ4n) is 1.79. The Hall–Kier alpha value is -0.980. The van der Waals surface area contributed by atoms with Crippen LogP contribution in [-0.2, 0) is 0 Å². The van der Waals surface area contributed by atoms with E-state index in [1.54, 1.807) is 7.11 Å². The van der Waals surface area contributed by atoms with Gasteiger partial charge in [-0.1, -0.05) is 32.9 Å². The summed E-state index contributed by atoms with van der Waals surface area (Å²) in [6.45, 7) is 6.79. The van der Waals surface area contributed by atoms with Crippen molar-refractivity contribution in [2.24, 2.45) is 5.92 Å². The molecule has 1 rings (SSSR count). The van der Waals surface area contributed by atoms with E-state index >= 15 is 0 Å². The van der Waals surface area contributed by atoms with Crippen molar-refractivity contribution in [3.05, 3.63) is 29.8 Å². The highest BCUT2D eigenvalue weighted by atomic mass is 16.5. The molecule has 0 heterocycles. The standard InChI is InChI=1S/C13H20O/c1-10(2)8-11(3)12-6-5-7-13(9-12)14-4/h5-7,9-11H,8H2,1-4H3/t11-/m0/s1. The monoisotopic (exact) mass is 192 g/mol. The van der Waals surface area contributed by atoms with Gasteiger partial charge in [0.05, 0.1) is 7.11 Å². The van der Waals surface area contributed by atoms with Crippen LogP contribution in [0.2, 0.25) is 0 Å². The van der Waals surface area contributed by atoms with Gasteiger partial charge in [0.25, 0.3) is 0 Å². The van der Waals surface area contributed by atoms with Gasteiger partial charge >= 0.3 is 0 Å². The lowest BCUT2D eigenvalue weighted by Gasteiger charge is -2.14. The fourth-order valence-corrected chi connectivity index (χ4v) is 1.79. The van der Waals surface area contributed by atoms with Crippen LogP contribution in [0.5, 0.6) is 5.75 Å². The van der Waals surface area contributed by atoms with Crippen molar-refractivity contribution in [3.63, 3.8) is 0 Å². The zero-order chi connectivity index (χ0) is 10.6. The molecule has 14 heavy (non-hydrogen) atoms. The Morgan fingerprint density at radius 2 is 1.93 bits per heavy atom. The first kappa shape index (κ1) is 11.1. The summed E-state index contributed by atoms with van der Waals surface area (Å²) in [5, 5.41) is 0. The highest BCUT2D eigenvalue weighted by Crippen LogP contribution is 2.25. The van der Waals surface area contributed by atoms with Crippen LogP contribution >= 0.6 is 0 Å². The quantitative estimate of drug-likeness (QED) is 0.704. The maximum Gasteiger partial charge on any atom is 0.119 e. The van der Waals surface area contributed by atoms with Crippen molar-refractivity contribution in [1.29, 1.82) is 0 Å². The second-order valence-corrected chi connectivity index (χ2v) is 4.31. The van der Waals surface area contributed by atoms with Crippen LogP contribution in [0.1, 0.15) is 38.7 Å². The first-order valence-electron chi connectivity index (χ1n) is 5.27. The average molecular weight is 192 g/mol. The van der Waals surface area contributed by atoms with Crippen molar-refractivity contribution in [3.8, 4) is 5.75 Å². The van der Waals surface area contributed by atoms with E-state index in [4.69, 9.17) is 4.74 Å². The van der Waals surface area contributed by atoms with Crippen molar-refractivity contribution in [1.82, 2.24) is 0 Å². The molecule has 0 unspecified atom stereocenters. The highest BCUT2D eigenvalue weighted by Gasteiger charge is 2.08. The molecule has 0 aliphatic rings. The molecule has 0 N–H and O–H groups in total. The number of hydrogen-bond acceptors (Lipinski definition) is 1. The number of rotatable bonds is 4. The van der Waals surface area contributed by atoms with E-state index in [0.29, 0.717) is 5.92 Å². The number of methoxy groups -OCH3 is 1. The van der Waals surface area contributed by atoms with Gasteiger partial charge in [-0.2, -0.15) is 0 Å². The molecule has 0 aliphatic carbocycles. The summed E-state index contributed by atoms with van der Waals surface area (Å²) in [6.07, 6.45) is 1.23. The van der Waals surface area contributed by atoms with E-state index in [-0.39, 0.29) is 0 Å². The summed E-state index contributed by atoms with van der Waals surface area (Å²) in [5.41, 5.74) is 1.37. The first-order valence-corrected chi connectivity index (χ1v) is 5.27. The third-order valence-corrected chi connectivity index (χ3v) is 2.49. The summed E-state index contributed by atoms with van der Waals surface area (Å²) in [5.74, 6) is 2.32. The minimum Gasteiger partial charge on any atom is -0.497 e. The molecule has 0 aromatic heterocycles. The summed E-state index contributed by atoms with van der Waals surface area (Å²) < 4.78 is 5.21. The Kier molecular flexibility index (Phi) is 3.99. The van der Waals surface area contributed by atoms with E-state index < -0.39 is 0 Å². The zero-order valence-corrected chi connectivity index (χ0v) is 9.58. The number of benzene rings is 1. The topological polar surface area (TPSA) is 9.23 Å². The smallest absolute Gasteiger partial charge is 0.119 e. The summed E-state index contributed by atoms with van der Waals surface area (Å²) in [4.78, 5) is 0. The van der Waals surface area contributed by atoms with E-state index in [1.165, 1.54) is 12.0 Å². The molecule has 0 fully saturated rings. The van der Waals surface area contributed by atoms with Gasteiger partial charge in [-0.15, -0.1) is 0 Å². The Morgan fingerprint density at radius 1 is 1.21 bits per heavy atom. The second-order valence-electron chi connectivity index (χ2n) is 4.31. The first-order chi connectivity index (χ1) is 6.63. The molecule has 0 bridgehead atoms. The van der Waals surface area contributed by atoms with Crippen LogP contribution in [0.15, 0.2) is 24.3 Å². The van der Waals surface area contributed by atoms with Crippen molar-refractivity contribution in [2.45, 2.75) is 33.1 Å². The second kappa shape index (κ2) is 5.04. The maximum atomic E-state index is 5.21. The summed E-state index contributed by atoms with van der Waals surface area (Å²) in [6, 6.07) is 8.36. The van der Waals surface area contributed by atoms with Gasteiger partial charge in [0.2, 0.25) is 0 Å². The molecule has 1 aromatic carbocycles. The molecule has 1 aromatic rings. The van der Waals surface area contributed by atoms with Crippen LogP contribution in [0.3, 0.4) is 0 Å². The molecule has 0 aliphatic heterocycles. The molecule has 0 radical (unpaired) electrons. The van der Waals surface area contributed by atoms with Crippen LogP contribution in [0, 0.1) is 5.92 Å². The average Bonchev–Trinajstić information content (AvgIpc) is 2.17. The van der Waals surface area contributed by atoms with Gasteiger partial charge in [0, 0.05) is 0 Å². The van der Waals surface area contributed by atoms with Crippen LogP contribution in [0.4, 0.5) is 0 Å². The van der Waals surface area contributed by atoms with E-state index in [9.17, 15) is 0 Å². The molecule has 0 amide bonds. The number of hydrogen-bond donors (Lipinski definition) is 0. The van der Waals surface area contributed by atoms with Crippen LogP contribution in [0.25, 0.3) is 0 Å². The lowest BCUT2D eigenvalue weighted by molar-refractivity contribution is 0.413. The van der Waals surface area contributed by atoms with Gasteiger partial charge in [-0.05, 0) is 36.0 Å². The van der Waals surface area contributed by atoms with Crippen LogP contribution in [-0.4, -0.2) is 7.11 Å². The lowest BCUT2D eigenvalue weighted by Crippen LogP contribution is -1.99. The van der Waals surface area contributed by atoms with Gasteiger partial charge < -0.3 is 4.74 Å². The fraction of sp³-hybridized carbons (Fsp3) is 0.538. The molecular weight excluding hydrogens is 172 g/mol. The van der Waals surface area contributed by atoms with Gasteiger partial charge in [0.15, 0.2) is 0 Å². The van der Waals surface area contributed by atoms with Crippen LogP contribution < -0.4 is 4.74 Å². The summed E-state index contributed by atoms with van der Waals surface area (Å²) in [7, 11) is 1.71. The largest absolute Gasteiger partial charge is 0.497 e. The van der Waals surface area contributed by atoms with Crippen molar-refractivity contribution < 1.29 is 4.74 Å². The molecule has 1 nitrogen and oxygen atoms in total. The highest BCUT2D eigenvalue weighted by molar-refractivity contribution is 5.30. The predicted molar refractivity (Wildman–Crippen MR) is 60.9 cm³/mol. The Bertz CT molecular complexity index is 278. The SMILES string of the molecule is COc1cccc([C@@H](C)CC(C)C)c1. The zero-order valence-electron chi connectivity index (χ0n) is 9.58. The summed E-state index contributed by atoms with van der Waals surface area (Å²) >= 11 is 0. The van der Waals surface area contributed by atoms with Gasteiger partial charge in [0.1, 0.15) is 5.75 Å². The van der Waals surface area contributed by atoms with Crippen molar-refractivity contribution >= 4 is 0 Å². The minimum absolute atomic E-state index is 0.616. The molecule has 0 saturated carbocycles. The third-order valence-electron chi connectivity index (χ3n) is 2.49. The maximum absolute atomic E-state index is 5.21. The molecule has 1 atom stereocenters. The van der Waals surface area contributed by atoms with E-state index in [1.807, 2.05) is 6.07 Å². The molecule has 0 spiro atoms. The third kappa shape index (κ3) is 3.06. The molecule has 78 valence electrons. The van der Waals surface area contributed by atoms with Gasteiger partial charge in [-0.3, -0.25) is 0 Å². The van der Waals surface area contributed by atoms with E-state index in [2.05, 4.69) is 39.0 Å². The molecule has 1 heteroatoms. The van der Waals surface area contributed by atoms with E-state index in [0.717, 1.165) is 11.7 Å². The Morgan fingerprint density at radius 3 is 2.50 bits per heavy atom. The Labute approximate surface area is 87.1 Å². The normalized spacial score (nSPS) is 12.9. The molecular formula is C13H20O. The van der Waals surface area contributed by atoms with Gasteiger partial charge in [-0.25, -0.2) is 0 Å². The lowest BCUT2D eigenvalue weighted by atomic mass is 9.92. The Balaban J connectivity index is 2.73. The predicted octanol–water partition coefficient (Wildman–Crippen LogP) is 3.84. The minimum atomic E-state index is 0.616. The number of ether oxygens (including phenoxy) is 1.